The molecular weight excluding hydrogens is 302 g/mol. The van der Waals surface area contributed by atoms with Gasteiger partial charge in [-0.2, -0.15) is 0 Å². The van der Waals surface area contributed by atoms with Crippen molar-refractivity contribution in [3.63, 3.8) is 0 Å². The predicted molar refractivity (Wildman–Crippen MR) is 88.7 cm³/mol. The third-order valence-corrected chi connectivity index (χ3v) is 5.39. The molecule has 2 N–H and O–H groups in total. The van der Waals surface area contributed by atoms with Gasteiger partial charge in [0.25, 0.3) is 0 Å². The number of anilines is 2. The molecule has 7 heteroatoms. The molecule has 22 heavy (non-hydrogen) atoms. The van der Waals surface area contributed by atoms with Gasteiger partial charge < -0.3 is 10.6 Å². The largest absolute Gasteiger partial charge is 0.338 e. The van der Waals surface area contributed by atoms with Crippen molar-refractivity contribution in [3.8, 4) is 0 Å². The molecule has 1 fully saturated rings. The number of carbonyl (C=O) groups is 1. The van der Waals surface area contributed by atoms with Crippen LogP contribution in [0, 0.1) is 5.92 Å². The number of nitrogens with zero attached hydrogens (tertiary/aromatic N) is 1. The number of sulfonamides is 1. The third-order valence-electron chi connectivity index (χ3n) is 3.52. The first-order valence-corrected chi connectivity index (χ1v) is 9.15. The summed E-state index contributed by atoms with van der Waals surface area (Å²) in [5.41, 5.74) is 1.28. The molecule has 0 atom stereocenters. The lowest BCUT2D eigenvalue weighted by atomic mass is 10.1. The molecule has 122 valence electrons. The van der Waals surface area contributed by atoms with Gasteiger partial charge in [-0.1, -0.05) is 13.8 Å². The molecule has 0 aromatic heterocycles. The van der Waals surface area contributed by atoms with Gasteiger partial charge in [0.1, 0.15) is 0 Å². The van der Waals surface area contributed by atoms with E-state index in [4.69, 9.17) is 0 Å². The first kappa shape index (κ1) is 16.6. The van der Waals surface area contributed by atoms with Crippen molar-refractivity contribution in [1.82, 2.24) is 5.32 Å². The highest BCUT2D eigenvalue weighted by atomic mass is 32.2. The van der Waals surface area contributed by atoms with E-state index in [2.05, 4.69) is 24.5 Å². The zero-order valence-electron chi connectivity index (χ0n) is 13.0. The van der Waals surface area contributed by atoms with Gasteiger partial charge >= 0.3 is 6.03 Å². The molecule has 0 saturated carbocycles. The Morgan fingerprint density at radius 2 is 1.95 bits per heavy atom. The SMILES string of the molecule is CC(C)CCNC(=O)Nc1ccc(N2CCCS2(=O)=O)cc1. The van der Waals surface area contributed by atoms with Crippen LogP contribution in [0.3, 0.4) is 0 Å². The maximum atomic E-state index is 11.8. The van der Waals surface area contributed by atoms with Crippen LogP contribution < -0.4 is 14.9 Å². The van der Waals surface area contributed by atoms with E-state index in [0.29, 0.717) is 36.8 Å². The van der Waals surface area contributed by atoms with Crippen molar-refractivity contribution < 1.29 is 13.2 Å². The van der Waals surface area contributed by atoms with Crippen molar-refractivity contribution in [2.24, 2.45) is 5.92 Å². The van der Waals surface area contributed by atoms with E-state index in [1.807, 2.05) is 0 Å². The number of rotatable bonds is 5. The molecule has 2 amide bonds. The summed E-state index contributed by atoms with van der Waals surface area (Å²) in [4.78, 5) is 11.7. The summed E-state index contributed by atoms with van der Waals surface area (Å²) < 4.78 is 25.1. The predicted octanol–water partition coefficient (Wildman–Crippen LogP) is 2.39. The van der Waals surface area contributed by atoms with Gasteiger partial charge in [-0.25, -0.2) is 13.2 Å². The van der Waals surface area contributed by atoms with Gasteiger partial charge in [0.15, 0.2) is 0 Å². The van der Waals surface area contributed by atoms with E-state index in [1.54, 1.807) is 24.3 Å². The van der Waals surface area contributed by atoms with Crippen molar-refractivity contribution in [2.45, 2.75) is 26.7 Å². The van der Waals surface area contributed by atoms with E-state index in [9.17, 15) is 13.2 Å². The molecule has 0 unspecified atom stereocenters. The lowest BCUT2D eigenvalue weighted by molar-refractivity contribution is 0.251. The number of hydrogen-bond donors (Lipinski definition) is 2. The number of amides is 2. The minimum absolute atomic E-state index is 0.200. The fourth-order valence-corrected chi connectivity index (χ4v) is 3.85. The number of hydrogen-bond acceptors (Lipinski definition) is 3. The molecule has 1 aromatic rings. The second-order valence-corrected chi connectivity index (χ2v) is 7.86. The Hall–Kier alpha value is -1.76. The first-order chi connectivity index (χ1) is 10.4. The number of carbonyl (C=O) groups excluding carboxylic acids is 1. The zero-order chi connectivity index (χ0) is 16.2. The molecule has 2 rings (SSSR count). The highest BCUT2D eigenvalue weighted by Gasteiger charge is 2.28. The molecule has 6 nitrogen and oxygen atoms in total. The average Bonchev–Trinajstić information content (AvgIpc) is 2.79. The molecule has 0 bridgehead atoms. The molecule has 1 aliphatic rings. The summed E-state index contributed by atoms with van der Waals surface area (Å²) in [6, 6.07) is 6.61. The maximum absolute atomic E-state index is 11.8. The fourth-order valence-electron chi connectivity index (χ4n) is 2.29. The van der Waals surface area contributed by atoms with E-state index >= 15 is 0 Å². The van der Waals surface area contributed by atoms with Crippen LogP contribution in [0.5, 0.6) is 0 Å². The fraction of sp³-hybridized carbons (Fsp3) is 0.533. The summed E-state index contributed by atoms with van der Waals surface area (Å²) in [6.45, 7) is 5.35. The Labute approximate surface area is 131 Å². The van der Waals surface area contributed by atoms with E-state index in [-0.39, 0.29) is 11.8 Å². The molecule has 1 aromatic carbocycles. The van der Waals surface area contributed by atoms with Gasteiger partial charge in [0, 0.05) is 18.8 Å². The molecule has 1 aliphatic heterocycles. The Morgan fingerprint density at radius 1 is 1.27 bits per heavy atom. The highest BCUT2D eigenvalue weighted by Crippen LogP contribution is 2.25. The van der Waals surface area contributed by atoms with Crippen molar-refractivity contribution in [1.29, 1.82) is 0 Å². The Morgan fingerprint density at radius 3 is 2.50 bits per heavy atom. The monoisotopic (exact) mass is 325 g/mol. The average molecular weight is 325 g/mol. The van der Waals surface area contributed by atoms with Gasteiger partial charge in [-0.15, -0.1) is 0 Å². The van der Waals surface area contributed by atoms with Crippen LogP contribution in [0.2, 0.25) is 0 Å². The van der Waals surface area contributed by atoms with Crippen LogP contribution in [0.25, 0.3) is 0 Å². The lowest BCUT2D eigenvalue weighted by Gasteiger charge is -2.17. The molecule has 1 heterocycles. The smallest absolute Gasteiger partial charge is 0.319 e. The van der Waals surface area contributed by atoms with Crippen molar-refractivity contribution in [3.05, 3.63) is 24.3 Å². The van der Waals surface area contributed by atoms with Crippen LogP contribution >= 0.6 is 0 Å². The van der Waals surface area contributed by atoms with Crippen LogP contribution in [0.4, 0.5) is 16.2 Å². The normalized spacial score (nSPS) is 16.8. The number of nitrogens with one attached hydrogen (secondary N) is 2. The second-order valence-electron chi connectivity index (χ2n) is 5.85. The Bertz CT molecular complexity index is 611. The standard InChI is InChI=1S/C15H23N3O3S/c1-12(2)8-9-16-15(19)17-13-4-6-14(7-5-13)18-10-3-11-22(18,20)21/h4-7,12H,3,8-11H2,1-2H3,(H2,16,17,19). The maximum Gasteiger partial charge on any atom is 0.319 e. The van der Waals surface area contributed by atoms with Crippen molar-refractivity contribution in [2.75, 3.05) is 28.5 Å². The number of urea groups is 1. The van der Waals surface area contributed by atoms with Crippen LogP contribution in [-0.4, -0.2) is 33.3 Å². The lowest BCUT2D eigenvalue weighted by Crippen LogP contribution is -2.30. The first-order valence-electron chi connectivity index (χ1n) is 7.54. The molecular formula is C15H23N3O3S. The summed E-state index contributed by atoms with van der Waals surface area (Å²) in [7, 11) is -3.16. The quantitative estimate of drug-likeness (QED) is 0.872. The molecule has 0 radical (unpaired) electrons. The van der Waals surface area contributed by atoms with E-state index < -0.39 is 10.0 Å². The summed E-state index contributed by atoms with van der Waals surface area (Å²) in [6.07, 6.45) is 1.58. The second kappa shape index (κ2) is 7.00. The van der Waals surface area contributed by atoms with E-state index in [0.717, 1.165) is 6.42 Å². The van der Waals surface area contributed by atoms with Crippen LogP contribution in [-0.2, 0) is 10.0 Å². The Balaban J connectivity index is 1.91. The summed E-state index contributed by atoms with van der Waals surface area (Å²) >= 11 is 0. The van der Waals surface area contributed by atoms with E-state index in [1.165, 1.54) is 4.31 Å². The highest BCUT2D eigenvalue weighted by molar-refractivity contribution is 7.93. The number of benzene rings is 1. The minimum atomic E-state index is -3.16. The van der Waals surface area contributed by atoms with Crippen molar-refractivity contribution >= 4 is 27.4 Å². The Kier molecular flexibility index (Phi) is 5.28. The van der Waals surface area contributed by atoms with Gasteiger partial charge in [0.2, 0.25) is 10.0 Å². The molecule has 1 saturated heterocycles. The molecule has 0 spiro atoms. The molecule has 0 aliphatic carbocycles. The minimum Gasteiger partial charge on any atom is -0.338 e. The van der Waals surface area contributed by atoms with Crippen LogP contribution in [0.15, 0.2) is 24.3 Å². The summed E-state index contributed by atoms with van der Waals surface area (Å²) in [5.74, 6) is 0.743. The zero-order valence-corrected chi connectivity index (χ0v) is 13.8. The van der Waals surface area contributed by atoms with Gasteiger partial charge in [-0.05, 0) is 43.0 Å². The topological polar surface area (TPSA) is 78.5 Å². The van der Waals surface area contributed by atoms with Crippen LogP contribution in [0.1, 0.15) is 26.7 Å². The summed E-state index contributed by atoms with van der Waals surface area (Å²) in [5, 5.41) is 5.53. The van der Waals surface area contributed by atoms with Gasteiger partial charge in [-0.3, -0.25) is 4.31 Å². The van der Waals surface area contributed by atoms with Gasteiger partial charge in [0.05, 0.1) is 11.4 Å². The third kappa shape index (κ3) is 4.37.